The summed E-state index contributed by atoms with van der Waals surface area (Å²) in [4.78, 5) is 0. The van der Waals surface area contributed by atoms with E-state index >= 15 is 0 Å². The van der Waals surface area contributed by atoms with Gasteiger partial charge in [-0.25, -0.2) is 0 Å². The van der Waals surface area contributed by atoms with Crippen molar-refractivity contribution in [1.82, 2.24) is 0 Å². The number of rotatable bonds is 5. The van der Waals surface area contributed by atoms with Crippen LogP contribution in [0.2, 0.25) is 0 Å². The SMILES string of the molecule is CC(C)CCC[C@@H](C)[C@H]1CC[C@H]2[C@@H]3CC=C4CC(N)(O)CC[C@]4(C)[C@H]3CC[C@]12C. The van der Waals surface area contributed by atoms with Crippen LogP contribution in [-0.2, 0) is 0 Å². The average molecular weight is 402 g/mol. The van der Waals surface area contributed by atoms with Gasteiger partial charge in [0.1, 0.15) is 5.72 Å². The zero-order valence-electron chi connectivity index (χ0n) is 19.8. The summed E-state index contributed by atoms with van der Waals surface area (Å²) in [6.07, 6.45) is 16.3. The number of nitrogens with two attached hydrogens (primary N) is 1. The van der Waals surface area contributed by atoms with Crippen LogP contribution in [0, 0.1) is 46.3 Å². The van der Waals surface area contributed by atoms with Gasteiger partial charge in [0.05, 0.1) is 0 Å². The van der Waals surface area contributed by atoms with Gasteiger partial charge < -0.3 is 10.8 Å². The van der Waals surface area contributed by atoms with Crippen LogP contribution in [0.25, 0.3) is 0 Å². The van der Waals surface area contributed by atoms with Crippen LogP contribution in [-0.4, -0.2) is 10.8 Å². The third kappa shape index (κ3) is 3.75. The normalized spacial score (nSPS) is 47.9. The fraction of sp³-hybridized carbons (Fsp3) is 0.926. The second kappa shape index (κ2) is 7.66. The fourth-order valence-electron chi connectivity index (χ4n) is 8.70. The molecule has 0 saturated heterocycles. The number of aliphatic hydroxyl groups is 1. The largest absolute Gasteiger partial charge is 0.376 e. The molecule has 4 rings (SSSR count). The first kappa shape index (κ1) is 21.9. The molecule has 1 unspecified atom stereocenters. The molecule has 3 fully saturated rings. The summed E-state index contributed by atoms with van der Waals surface area (Å²) in [7, 11) is 0. The van der Waals surface area contributed by atoms with Gasteiger partial charge in [0.2, 0.25) is 0 Å². The molecule has 4 aliphatic carbocycles. The Hall–Kier alpha value is -0.340. The molecule has 0 aromatic carbocycles. The minimum absolute atomic E-state index is 0.289. The van der Waals surface area contributed by atoms with Crippen LogP contribution >= 0.6 is 0 Å². The Balaban J connectivity index is 1.50. The second-order valence-corrected chi connectivity index (χ2v) is 12.6. The maximum atomic E-state index is 10.5. The van der Waals surface area contributed by atoms with Gasteiger partial charge in [-0.1, -0.05) is 65.5 Å². The Bertz CT molecular complexity index is 636. The van der Waals surface area contributed by atoms with Crippen molar-refractivity contribution in [2.24, 2.45) is 52.1 Å². The van der Waals surface area contributed by atoms with Crippen molar-refractivity contribution < 1.29 is 5.11 Å². The second-order valence-electron chi connectivity index (χ2n) is 12.6. The minimum atomic E-state index is -0.967. The topological polar surface area (TPSA) is 46.2 Å². The van der Waals surface area contributed by atoms with Crippen molar-refractivity contribution in [3.05, 3.63) is 11.6 Å². The van der Waals surface area contributed by atoms with Crippen LogP contribution in [0.3, 0.4) is 0 Å². The smallest absolute Gasteiger partial charge is 0.117 e. The maximum absolute atomic E-state index is 10.5. The Morgan fingerprint density at radius 3 is 2.52 bits per heavy atom. The van der Waals surface area contributed by atoms with E-state index in [2.05, 4.69) is 40.7 Å². The van der Waals surface area contributed by atoms with Crippen molar-refractivity contribution in [2.75, 3.05) is 0 Å². The zero-order chi connectivity index (χ0) is 21.0. The highest BCUT2D eigenvalue weighted by atomic mass is 16.3. The van der Waals surface area contributed by atoms with Gasteiger partial charge in [0.15, 0.2) is 0 Å². The third-order valence-corrected chi connectivity index (χ3v) is 10.4. The summed E-state index contributed by atoms with van der Waals surface area (Å²) in [5.41, 5.74) is 7.51. The van der Waals surface area contributed by atoms with Crippen molar-refractivity contribution in [3.63, 3.8) is 0 Å². The van der Waals surface area contributed by atoms with E-state index in [4.69, 9.17) is 5.73 Å². The first-order valence-electron chi connectivity index (χ1n) is 12.8. The quantitative estimate of drug-likeness (QED) is 0.399. The van der Waals surface area contributed by atoms with Crippen molar-refractivity contribution >= 4 is 0 Å². The van der Waals surface area contributed by atoms with E-state index in [-0.39, 0.29) is 5.41 Å². The van der Waals surface area contributed by atoms with E-state index in [0.29, 0.717) is 11.8 Å². The number of hydrogen-bond donors (Lipinski definition) is 2. The van der Waals surface area contributed by atoms with E-state index < -0.39 is 5.72 Å². The van der Waals surface area contributed by atoms with Gasteiger partial charge in [-0.3, -0.25) is 0 Å². The molecule has 166 valence electrons. The van der Waals surface area contributed by atoms with Crippen molar-refractivity contribution in [2.45, 2.75) is 111 Å². The predicted molar refractivity (Wildman–Crippen MR) is 122 cm³/mol. The lowest BCUT2D eigenvalue weighted by atomic mass is 9.46. The molecule has 3 saturated carbocycles. The van der Waals surface area contributed by atoms with E-state index in [1.807, 2.05) is 0 Å². The van der Waals surface area contributed by atoms with Gasteiger partial charge in [0, 0.05) is 6.42 Å². The molecule has 3 N–H and O–H groups in total. The molecule has 29 heavy (non-hydrogen) atoms. The van der Waals surface area contributed by atoms with Gasteiger partial charge in [0.25, 0.3) is 0 Å². The highest BCUT2D eigenvalue weighted by molar-refractivity contribution is 5.26. The molecule has 2 nitrogen and oxygen atoms in total. The van der Waals surface area contributed by atoms with Crippen LogP contribution in [0.1, 0.15) is 105 Å². The molecular formula is C27H47NO. The maximum Gasteiger partial charge on any atom is 0.117 e. The third-order valence-electron chi connectivity index (χ3n) is 10.4. The van der Waals surface area contributed by atoms with Crippen LogP contribution < -0.4 is 5.73 Å². The molecule has 0 aliphatic heterocycles. The van der Waals surface area contributed by atoms with Gasteiger partial charge in [-0.15, -0.1) is 0 Å². The van der Waals surface area contributed by atoms with E-state index in [9.17, 15) is 5.11 Å². The minimum Gasteiger partial charge on any atom is -0.376 e. The molecular weight excluding hydrogens is 354 g/mol. The van der Waals surface area contributed by atoms with Gasteiger partial charge in [-0.05, 0) is 91.3 Å². The standard InChI is InChI=1S/C27H47NO/c1-18(2)7-6-8-19(3)22-11-12-23-21-10-9-20-17-27(28,29)16-15-25(20,4)24(21)13-14-26(22,23)5/h9,18-19,21-24,29H,6-8,10-17,28H2,1-5H3/t19-,21+,22-,23+,24+,25+,26-,27?/m1/s1. The molecule has 0 radical (unpaired) electrons. The van der Waals surface area contributed by atoms with E-state index in [1.165, 1.54) is 56.9 Å². The van der Waals surface area contributed by atoms with E-state index in [1.54, 1.807) is 0 Å². The summed E-state index contributed by atoms with van der Waals surface area (Å²) in [5, 5.41) is 10.5. The molecule has 0 heterocycles. The predicted octanol–water partition coefficient (Wildman–Crippen LogP) is 6.68. The van der Waals surface area contributed by atoms with Crippen LogP contribution in [0.5, 0.6) is 0 Å². The molecule has 0 amide bonds. The Labute approximate surface area is 180 Å². The Morgan fingerprint density at radius 1 is 1.03 bits per heavy atom. The lowest BCUT2D eigenvalue weighted by molar-refractivity contribution is -0.0733. The fourth-order valence-corrected chi connectivity index (χ4v) is 8.70. The lowest BCUT2D eigenvalue weighted by Crippen LogP contribution is -2.54. The molecule has 8 atom stereocenters. The van der Waals surface area contributed by atoms with Gasteiger partial charge in [-0.2, -0.15) is 0 Å². The molecule has 2 heteroatoms. The summed E-state index contributed by atoms with van der Waals surface area (Å²) >= 11 is 0. The van der Waals surface area contributed by atoms with Crippen LogP contribution in [0.15, 0.2) is 11.6 Å². The summed E-state index contributed by atoms with van der Waals surface area (Å²) in [6, 6.07) is 0. The van der Waals surface area contributed by atoms with Gasteiger partial charge >= 0.3 is 0 Å². The monoisotopic (exact) mass is 401 g/mol. The Morgan fingerprint density at radius 2 is 1.79 bits per heavy atom. The van der Waals surface area contributed by atoms with Crippen molar-refractivity contribution in [1.29, 1.82) is 0 Å². The highest BCUT2D eigenvalue weighted by Gasteiger charge is 2.59. The summed E-state index contributed by atoms with van der Waals surface area (Å²) in [6.45, 7) is 12.5. The summed E-state index contributed by atoms with van der Waals surface area (Å²) < 4.78 is 0. The number of fused-ring (bicyclic) bond motifs is 5. The Kier molecular flexibility index (Phi) is 5.78. The van der Waals surface area contributed by atoms with Crippen LogP contribution in [0.4, 0.5) is 0 Å². The zero-order valence-corrected chi connectivity index (χ0v) is 19.8. The lowest BCUT2D eigenvalue weighted by Gasteiger charge is -2.59. The molecule has 0 bridgehead atoms. The first-order chi connectivity index (χ1) is 13.6. The molecule has 0 aromatic rings. The number of allylic oxidation sites excluding steroid dienone is 1. The molecule has 4 aliphatic rings. The highest BCUT2D eigenvalue weighted by Crippen LogP contribution is 2.67. The molecule has 0 aromatic heterocycles. The van der Waals surface area contributed by atoms with E-state index in [0.717, 1.165) is 48.3 Å². The first-order valence-corrected chi connectivity index (χ1v) is 12.8. The number of hydrogen-bond acceptors (Lipinski definition) is 2. The summed E-state index contributed by atoms with van der Waals surface area (Å²) in [5.74, 6) is 5.24. The average Bonchev–Trinajstić information content (AvgIpc) is 2.99. The molecule has 0 spiro atoms. The van der Waals surface area contributed by atoms with Crippen molar-refractivity contribution in [3.8, 4) is 0 Å².